The molecule has 4 aliphatic rings. The minimum absolute atomic E-state index is 0.134. The Labute approximate surface area is 150 Å². The molecule has 0 saturated carbocycles. The van der Waals surface area contributed by atoms with Crippen molar-refractivity contribution in [3.8, 4) is 10.4 Å². The molecule has 6 rings (SSSR count). The van der Waals surface area contributed by atoms with E-state index in [-0.39, 0.29) is 10.2 Å². The van der Waals surface area contributed by atoms with Crippen LogP contribution in [0, 0.1) is 5.92 Å². The molecule has 1 atom stereocenters. The lowest BCUT2D eigenvalue weighted by Crippen LogP contribution is -2.69. The summed E-state index contributed by atoms with van der Waals surface area (Å²) in [6.45, 7) is 2.94. The predicted octanol–water partition coefficient (Wildman–Crippen LogP) is 2.98. The Morgan fingerprint density at radius 1 is 1.24 bits per heavy atom. The number of hydrogen-bond acceptors (Lipinski definition) is 6. The fourth-order valence-corrected chi connectivity index (χ4v) is 5.15. The highest BCUT2D eigenvalue weighted by molar-refractivity contribution is 7.19. The quantitative estimate of drug-likeness (QED) is 0.811. The highest BCUT2D eigenvalue weighted by Gasteiger charge is 2.59. The monoisotopic (exact) mass is 357 g/mol. The first kappa shape index (κ1) is 15.3. The highest BCUT2D eigenvalue weighted by Crippen LogP contribution is 2.43. The molecule has 130 valence electrons. The second-order valence-corrected chi connectivity index (χ2v) is 8.31. The SMILES string of the molecule is O[N+]12CCC(CC1)[C@]1(CN=C(Nc3ncc(-c4ccccc4)s3)O1)C2. The zero-order chi connectivity index (χ0) is 16.9. The topological polar surface area (TPSA) is 66.7 Å². The van der Waals surface area contributed by atoms with E-state index in [1.807, 2.05) is 24.4 Å². The van der Waals surface area contributed by atoms with Gasteiger partial charge in [-0.15, -0.1) is 0 Å². The average molecular weight is 357 g/mol. The van der Waals surface area contributed by atoms with E-state index in [0.29, 0.717) is 25.0 Å². The van der Waals surface area contributed by atoms with Crippen LogP contribution >= 0.6 is 11.3 Å². The van der Waals surface area contributed by atoms with Gasteiger partial charge in [0.1, 0.15) is 13.1 Å². The molecular formula is C18H21N4O2S+. The molecule has 1 aromatic heterocycles. The fraction of sp³-hybridized carbons (Fsp3) is 0.444. The summed E-state index contributed by atoms with van der Waals surface area (Å²) in [7, 11) is 0. The molecule has 3 fully saturated rings. The third kappa shape index (κ3) is 2.63. The smallest absolute Gasteiger partial charge is 0.292 e. The lowest BCUT2D eigenvalue weighted by atomic mass is 9.75. The van der Waals surface area contributed by atoms with Crippen molar-refractivity contribution in [2.75, 3.05) is 31.5 Å². The molecule has 2 N–H and O–H groups in total. The number of ether oxygens (including phenoxy) is 1. The van der Waals surface area contributed by atoms with Gasteiger partial charge in [0.15, 0.2) is 17.3 Å². The van der Waals surface area contributed by atoms with Crippen LogP contribution in [-0.2, 0) is 4.74 Å². The van der Waals surface area contributed by atoms with Crippen molar-refractivity contribution in [1.82, 2.24) is 4.98 Å². The number of hydrogen-bond donors (Lipinski definition) is 2. The normalized spacial score (nSPS) is 33.3. The second kappa shape index (κ2) is 5.52. The van der Waals surface area contributed by atoms with Crippen molar-refractivity contribution in [1.29, 1.82) is 0 Å². The number of nitrogens with zero attached hydrogens (tertiary/aromatic N) is 3. The summed E-state index contributed by atoms with van der Waals surface area (Å²) in [5.74, 6) is 0.485. The Kier molecular flexibility index (Phi) is 3.38. The molecule has 0 aliphatic carbocycles. The summed E-state index contributed by atoms with van der Waals surface area (Å²) < 4.78 is 6.37. The molecule has 3 saturated heterocycles. The predicted molar refractivity (Wildman–Crippen MR) is 96.7 cm³/mol. The number of fused-ring (bicyclic) bond motifs is 2. The number of quaternary nitrogens is 1. The van der Waals surface area contributed by atoms with Crippen LogP contribution in [0.25, 0.3) is 10.4 Å². The van der Waals surface area contributed by atoms with Crippen LogP contribution in [0.3, 0.4) is 0 Å². The van der Waals surface area contributed by atoms with Crippen LogP contribution in [0.4, 0.5) is 5.13 Å². The number of thiazole rings is 1. The lowest BCUT2D eigenvalue weighted by molar-refractivity contribution is -1.12. The summed E-state index contributed by atoms with van der Waals surface area (Å²) in [5.41, 5.74) is 0.815. The molecule has 0 unspecified atom stereocenters. The Morgan fingerprint density at radius 2 is 2.04 bits per heavy atom. The fourth-order valence-electron chi connectivity index (χ4n) is 4.34. The minimum atomic E-state index is -0.340. The maximum absolute atomic E-state index is 10.6. The maximum Gasteiger partial charge on any atom is 0.292 e. The lowest BCUT2D eigenvalue weighted by Gasteiger charge is -2.51. The van der Waals surface area contributed by atoms with E-state index in [0.717, 1.165) is 41.5 Å². The second-order valence-electron chi connectivity index (χ2n) is 7.28. The van der Waals surface area contributed by atoms with E-state index in [4.69, 9.17) is 4.74 Å². The number of aromatic nitrogens is 1. The number of nitrogens with one attached hydrogen (secondary N) is 1. The minimum Gasteiger partial charge on any atom is -0.450 e. The number of piperidine rings is 3. The number of amidine groups is 1. The van der Waals surface area contributed by atoms with Gasteiger partial charge in [-0.25, -0.2) is 15.2 Å². The summed E-state index contributed by atoms with van der Waals surface area (Å²) >= 11 is 1.59. The van der Waals surface area contributed by atoms with Gasteiger partial charge in [-0.1, -0.05) is 41.7 Å². The molecule has 5 heterocycles. The van der Waals surface area contributed by atoms with Crippen LogP contribution < -0.4 is 5.32 Å². The largest absolute Gasteiger partial charge is 0.450 e. The van der Waals surface area contributed by atoms with Crippen molar-refractivity contribution in [2.45, 2.75) is 18.4 Å². The molecule has 1 spiro atoms. The van der Waals surface area contributed by atoms with Gasteiger partial charge in [-0.3, -0.25) is 5.32 Å². The van der Waals surface area contributed by atoms with Gasteiger partial charge >= 0.3 is 0 Å². The van der Waals surface area contributed by atoms with E-state index in [9.17, 15) is 5.21 Å². The molecule has 25 heavy (non-hydrogen) atoms. The molecule has 2 aromatic rings. The number of anilines is 1. The Bertz CT molecular complexity index is 813. The van der Waals surface area contributed by atoms with E-state index >= 15 is 0 Å². The van der Waals surface area contributed by atoms with Gasteiger partial charge in [0.2, 0.25) is 0 Å². The molecule has 0 amide bonds. The van der Waals surface area contributed by atoms with E-state index in [2.05, 4.69) is 27.4 Å². The molecule has 4 aliphatic heterocycles. The summed E-state index contributed by atoms with van der Waals surface area (Å²) in [4.78, 5) is 10.1. The van der Waals surface area contributed by atoms with E-state index in [1.54, 1.807) is 11.3 Å². The van der Waals surface area contributed by atoms with Gasteiger partial charge in [0, 0.05) is 25.0 Å². The van der Waals surface area contributed by atoms with Crippen LogP contribution in [-0.4, -0.2) is 52.6 Å². The van der Waals surface area contributed by atoms with Crippen molar-refractivity contribution < 1.29 is 14.6 Å². The number of benzene rings is 1. The van der Waals surface area contributed by atoms with Gasteiger partial charge in [0.05, 0.1) is 11.4 Å². The van der Waals surface area contributed by atoms with Gasteiger partial charge in [-0.05, 0) is 5.56 Å². The van der Waals surface area contributed by atoms with Crippen LogP contribution in [0.1, 0.15) is 12.8 Å². The van der Waals surface area contributed by atoms with Crippen molar-refractivity contribution in [3.63, 3.8) is 0 Å². The number of rotatable bonds is 2. The molecule has 1 aromatic carbocycles. The van der Waals surface area contributed by atoms with Crippen LogP contribution in [0.2, 0.25) is 0 Å². The zero-order valence-electron chi connectivity index (χ0n) is 13.9. The molecule has 6 nitrogen and oxygen atoms in total. The van der Waals surface area contributed by atoms with Gasteiger partial charge in [0.25, 0.3) is 6.02 Å². The average Bonchev–Trinajstić information content (AvgIpc) is 3.24. The summed E-state index contributed by atoms with van der Waals surface area (Å²) in [6.07, 6.45) is 3.89. The van der Waals surface area contributed by atoms with Crippen molar-refractivity contribution in [3.05, 3.63) is 36.5 Å². The van der Waals surface area contributed by atoms with E-state index < -0.39 is 0 Å². The van der Waals surface area contributed by atoms with Crippen LogP contribution in [0.15, 0.2) is 41.5 Å². The number of aliphatic imine (C=N–C) groups is 1. The van der Waals surface area contributed by atoms with Crippen molar-refractivity contribution >= 4 is 22.5 Å². The Balaban J connectivity index is 1.30. The first-order chi connectivity index (χ1) is 12.1. The molecule has 2 bridgehead atoms. The molecular weight excluding hydrogens is 336 g/mol. The first-order valence-corrected chi connectivity index (χ1v) is 9.56. The summed E-state index contributed by atoms with van der Waals surface area (Å²) in [5, 5.41) is 14.6. The Morgan fingerprint density at radius 3 is 2.80 bits per heavy atom. The highest BCUT2D eigenvalue weighted by atomic mass is 32.1. The summed E-state index contributed by atoms with van der Waals surface area (Å²) in [6, 6.07) is 10.7. The third-order valence-corrected chi connectivity index (χ3v) is 6.62. The third-order valence-electron chi connectivity index (χ3n) is 5.66. The zero-order valence-corrected chi connectivity index (χ0v) is 14.7. The molecule has 7 heteroatoms. The van der Waals surface area contributed by atoms with Gasteiger partial charge < -0.3 is 4.74 Å². The van der Waals surface area contributed by atoms with E-state index in [1.165, 1.54) is 0 Å². The standard InChI is InChI=1S/C18H21N4O2S/c23-22-8-6-14(7-9-22)18(12-22)11-20-16(24-18)21-17-19-10-15(25-17)13-4-2-1-3-5-13/h1-5,10,14,23H,6-9,11-12H2,(H,19,20,21)/q+1/t14?,18-,22?/m0/s1. The van der Waals surface area contributed by atoms with Crippen LogP contribution in [0.5, 0.6) is 0 Å². The Hall–Kier alpha value is -1.96. The number of hydroxylamine groups is 3. The maximum atomic E-state index is 10.6. The first-order valence-electron chi connectivity index (χ1n) is 8.75. The molecule has 0 radical (unpaired) electrons. The van der Waals surface area contributed by atoms with Gasteiger partial charge in [-0.2, -0.15) is 4.65 Å². The van der Waals surface area contributed by atoms with Crippen molar-refractivity contribution in [2.24, 2.45) is 10.9 Å².